The maximum Gasteiger partial charge on any atom is 0.147 e. The molecule has 2 aromatic rings. The molecule has 1 N–H and O–H groups in total. The molecule has 0 heterocycles. The van der Waals surface area contributed by atoms with E-state index in [0.717, 1.165) is 11.1 Å². The molecule has 1 atom stereocenters. The molecule has 1 nitrogen and oxygen atoms in total. The van der Waals surface area contributed by atoms with Gasteiger partial charge in [0.1, 0.15) is 5.82 Å². The topological polar surface area (TPSA) is 20.2 Å². The minimum atomic E-state index is -0.884. The lowest BCUT2D eigenvalue weighted by Gasteiger charge is -2.13. The van der Waals surface area contributed by atoms with Crippen LogP contribution in [0.25, 0.3) is 0 Å². The second-order valence-corrected chi connectivity index (χ2v) is 4.76. The molecule has 2 aromatic carbocycles. The summed E-state index contributed by atoms with van der Waals surface area (Å²) in [5, 5.41) is 10.1. The van der Waals surface area contributed by atoms with Gasteiger partial charge in [0, 0.05) is 12.0 Å². The van der Waals surface area contributed by atoms with Crippen molar-refractivity contribution < 1.29 is 9.50 Å². The van der Waals surface area contributed by atoms with Gasteiger partial charge in [0.25, 0.3) is 0 Å². The van der Waals surface area contributed by atoms with Crippen molar-refractivity contribution >= 4 is 11.6 Å². The Balaban J connectivity index is 2.22. The minimum Gasteiger partial charge on any atom is -0.388 e. The van der Waals surface area contributed by atoms with E-state index >= 15 is 0 Å². The first-order valence-corrected chi connectivity index (χ1v) is 6.13. The van der Waals surface area contributed by atoms with Crippen LogP contribution in [0.1, 0.15) is 22.8 Å². The third-order valence-electron chi connectivity index (χ3n) is 2.85. The zero-order chi connectivity index (χ0) is 13.1. The summed E-state index contributed by atoms with van der Waals surface area (Å²) in [5.74, 6) is -0.542. The number of benzene rings is 2. The molecule has 0 saturated carbocycles. The van der Waals surface area contributed by atoms with Crippen LogP contribution in [0.4, 0.5) is 4.39 Å². The summed E-state index contributed by atoms with van der Waals surface area (Å²) in [6, 6.07) is 12.5. The van der Waals surface area contributed by atoms with Crippen molar-refractivity contribution in [2.75, 3.05) is 0 Å². The lowest BCUT2D eigenvalue weighted by atomic mass is 10.00. The van der Waals surface area contributed by atoms with Crippen LogP contribution in [-0.4, -0.2) is 5.11 Å². The van der Waals surface area contributed by atoms with Crippen molar-refractivity contribution in [3.8, 4) is 0 Å². The monoisotopic (exact) mass is 264 g/mol. The average Bonchev–Trinajstić information content (AvgIpc) is 2.32. The quantitative estimate of drug-likeness (QED) is 0.886. The van der Waals surface area contributed by atoms with Gasteiger partial charge in [0.05, 0.1) is 11.1 Å². The van der Waals surface area contributed by atoms with Gasteiger partial charge in [0.2, 0.25) is 0 Å². The molecule has 94 valence electrons. The molecule has 0 aliphatic carbocycles. The summed E-state index contributed by atoms with van der Waals surface area (Å²) in [6.45, 7) is 1.98. The molecule has 0 aromatic heterocycles. The van der Waals surface area contributed by atoms with Gasteiger partial charge in [-0.1, -0.05) is 53.6 Å². The number of hydrogen-bond acceptors (Lipinski definition) is 1. The van der Waals surface area contributed by atoms with E-state index in [2.05, 4.69) is 0 Å². The van der Waals surface area contributed by atoms with Gasteiger partial charge < -0.3 is 5.11 Å². The van der Waals surface area contributed by atoms with Crippen LogP contribution in [0.3, 0.4) is 0 Å². The first-order chi connectivity index (χ1) is 8.58. The predicted octanol–water partition coefficient (Wildman–Crippen LogP) is 4.06. The summed E-state index contributed by atoms with van der Waals surface area (Å²) in [7, 11) is 0. The summed E-state index contributed by atoms with van der Waals surface area (Å²) < 4.78 is 13.7. The maximum atomic E-state index is 13.7. The Hall–Kier alpha value is -1.38. The largest absolute Gasteiger partial charge is 0.388 e. The molecule has 18 heavy (non-hydrogen) atoms. The second-order valence-electron chi connectivity index (χ2n) is 4.35. The van der Waals surface area contributed by atoms with E-state index < -0.39 is 11.9 Å². The zero-order valence-electron chi connectivity index (χ0n) is 10.0. The molecular weight excluding hydrogens is 251 g/mol. The molecule has 0 radical (unpaired) electrons. The van der Waals surface area contributed by atoms with E-state index in [9.17, 15) is 9.50 Å². The zero-order valence-corrected chi connectivity index (χ0v) is 10.8. The molecule has 0 spiro atoms. The molecule has 3 heteroatoms. The molecule has 0 fully saturated rings. The molecule has 0 bridgehead atoms. The van der Waals surface area contributed by atoms with E-state index in [4.69, 9.17) is 11.6 Å². The van der Waals surface area contributed by atoms with Gasteiger partial charge in [-0.3, -0.25) is 0 Å². The highest BCUT2D eigenvalue weighted by atomic mass is 35.5. The number of hydrogen-bond donors (Lipinski definition) is 1. The highest BCUT2D eigenvalue weighted by Crippen LogP contribution is 2.25. The van der Waals surface area contributed by atoms with E-state index in [1.807, 2.05) is 31.2 Å². The first-order valence-electron chi connectivity index (χ1n) is 5.75. The number of halogens is 2. The Kier molecular flexibility index (Phi) is 4.00. The summed E-state index contributed by atoms with van der Waals surface area (Å²) in [4.78, 5) is 0. The van der Waals surface area contributed by atoms with Gasteiger partial charge in [-0.15, -0.1) is 0 Å². The Bertz CT molecular complexity index is 554. The summed E-state index contributed by atoms with van der Waals surface area (Å²) in [5.41, 5.74) is 2.33. The standard InChI is InChI=1S/C15H14ClFO/c1-10-4-2-5-11(8-10)9-14(18)12-6-3-7-13(16)15(12)17/h2-8,14,18H,9H2,1H3. The van der Waals surface area contributed by atoms with Gasteiger partial charge >= 0.3 is 0 Å². The highest BCUT2D eigenvalue weighted by Gasteiger charge is 2.15. The second kappa shape index (κ2) is 5.51. The number of aliphatic hydroxyl groups is 1. The van der Waals surface area contributed by atoms with Crippen LogP contribution < -0.4 is 0 Å². The van der Waals surface area contributed by atoms with E-state index in [1.54, 1.807) is 12.1 Å². The first kappa shape index (κ1) is 13.1. The van der Waals surface area contributed by atoms with E-state index in [-0.39, 0.29) is 10.6 Å². The number of rotatable bonds is 3. The van der Waals surface area contributed by atoms with Gasteiger partial charge in [-0.25, -0.2) is 4.39 Å². The predicted molar refractivity (Wildman–Crippen MR) is 71.3 cm³/mol. The van der Waals surface area contributed by atoms with Crippen LogP contribution >= 0.6 is 11.6 Å². The number of aliphatic hydroxyl groups excluding tert-OH is 1. The third kappa shape index (κ3) is 2.89. The van der Waals surface area contributed by atoms with Crippen LogP contribution in [0.5, 0.6) is 0 Å². The Morgan fingerprint density at radius 1 is 1.22 bits per heavy atom. The fourth-order valence-electron chi connectivity index (χ4n) is 1.95. The fourth-order valence-corrected chi connectivity index (χ4v) is 2.13. The summed E-state index contributed by atoms with van der Waals surface area (Å²) in [6.07, 6.45) is -0.510. The van der Waals surface area contributed by atoms with E-state index in [1.165, 1.54) is 6.07 Å². The molecule has 0 amide bonds. The third-order valence-corrected chi connectivity index (χ3v) is 3.14. The molecule has 2 rings (SSSR count). The molecule has 0 saturated heterocycles. The average molecular weight is 265 g/mol. The number of aryl methyl sites for hydroxylation is 1. The molecule has 0 aliphatic rings. The van der Waals surface area contributed by atoms with Gasteiger partial charge in [-0.2, -0.15) is 0 Å². The van der Waals surface area contributed by atoms with Crippen molar-refractivity contribution in [3.05, 3.63) is 70.0 Å². The lowest BCUT2D eigenvalue weighted by molar-refractivity contribution is 0.173. The van der Waals surface area contributed by atoms with Crippen molar-refractivity contribution in [1.82, 2.24) is 0 Å². The highest BCUT2D eigenvalue weighted by molar-refractivity contribution is 6.30. The van der Waals surface area contributed by atoms with Crippen LogP contribution in [-0.2, 0) is 6.42 Å². The van der Waals surface area contributed by atoms with Crippen molar-refractivity contribution in [2.45, 2.75) is 19.4 Å². The Morgan fingerprint density at radius 2 is 1.94 bits per heavy atom. The molecule has 1 unspecified atom stereocenters. The van der Waals surface area contributed by atoms with Crippen molar-refractivity contribution in [3.63, 3.8) is 0 Å². The van der Waals surface area contributed by atoms with Crippen LogP contribution in [0.15, 0.2) is 42.5 Å². The lowest BCUT2D eigenvalue weighted by Crippen LogP contribution is -2.04. The van der Waals surface area contributed by atoms with Crippen LogP contribution in [0, 0.1) is 12.7 Å². The van der Waals surface area contributed by atoms with E-state index in [0.29, 0.717) is 6.42 Å². The van der Waals surface area contributed by atoms with Crippen LogP contribution in [0.2, 0.25) is 5.02 Å². The summed E-state index contributed by atoms with van der Waals surface area (Å²) >= 11 is 5.70. The smallest absolute Gasteiger partial charge is 0.147 e. The molecule has 0 aliphatic heterocycles. The Labute approximate surface area is 111 Å². The normalized spacial score (nSPS) is 12.4. The maximum absolute atomic E-state index is 13.7. The van der Waals surface area contributed by atoms with Crippen molar-refractivity contribution in [2.24, 2.45) is 0 Å². The molecular formula is C15H14ClFO. The Morgan fingerprint density at radius 3 is 2.67 bits per heavy atom. The van der Waals surface area contributed by atoms with Gasteiger partial charge in [-0.05, 0) is 18.6 Å². The fraction of sp³-hybridized carbons (Fsp3) is 0.200. The minimum absolute atomic E-state index is 0.0378. The van der Waals surface area contributed by atoms with Gasteiger partial charge in [0.15, 0.2) is 0 Å². The van der Waals surface area contributed by atoms with Crippen molar-refractivity contribution in [1.29, 1.82) is 0 Å². The SMILES string of the molecule is Cc1cccc(CC(O)c2cccc(Cl)c2F)c1.